The van der Waals surface area contributed by atoms with Crippen LogP contribution < -0.4 is 5.73 Å². The van der Waals surface area contributed by atoms with Gasteiger partial charge in [0.1, 0.15) is 0 Å². The third-order valence-corrected chi connectivity index (χ3v) is 4.12. The van der Waals surface area contributed by atoms with Crippen LogP contribution in [0.2, 0.25) is 5.02 Å². The lowest BCUT2D eigenvalue weighted by Crippen LogP contribution is -2.22. The molecule has 0 aliphatic heterocycles. The number of para-hydroxylation sites is 1. The quantitative estimate of drug-likeness (QED) is 0.888. The number of hydrogen-bond acceptors (Lipinski definition) is 1. The van der Waals surface area contributed by atoms with Crippen LogP contribution in [-0.4, -0.2) is 10.1 Å². The highest BCUT2D eigenvalue weighted by atomic mass is 35.5. The fraction of sp³-hybridized carbons (Fsp3) is 0.429. The summed E-state index contributed by atoms with van der Waals surface area (Å²) in [5, 5.41) is 1.98. The van der Waals surface area contributed by atoms with E-state index in [1.54, 1.807) is 0 Å². The molecule has 90 valence electrons. The van der Waals surface area contributed by atoms with Gasteiger partial charge in [0.2, 0.25) is 0 Å². The smallest absolute Gasteiger partial charge is 0.0661 e. The number of aryl methyl sites for hydroxylation is 2. The molecule has 0 radical (unpaired) electrons. The monoisotopic (exact) mass is 248 g/mol. The number of rotatable bonds is 3. The highest BCUT2D eigenvalue weighted by Crippen LogP contribution is 2.37. The van der Waals surface area contributed by atoms with Crippen LogP contribution in [0, 0.1) is 0 Å². The Hall–Kier alpha value is -0.990. The van der Waals surface area contributed by atoms with Crippen LogP contribution in [0.5, 0.6) is 0 Å². The number of aromatic nitrogens is 1. The van der Waals surface area contributed by atoms with Crippen molar-refractivity contribution in [1.82, 2.24) is 4.57 Å². The van der Waals surface area contributed by atoms with E-state index < -0.39 is 0 Å². The van der Waals surface area contributed by atoms with Crippen molar-refractivity contribution in [2.75, 3.05) is 0 Å². The minimum Gasteiger partial charge on any atom is -0.349 e. The topological polar surface area (TPSA) is 30.9 Å². The molecule has 1 fully saturated rings. The average molecular weight is 249 g/mol. The van der Waals surface area contributed by atoms with Crippen molar-refractivity contribution < 1.29 is 0 Å². The van der Waals surface area contributed by atoms with Crippen LogP contribution in [0.1, 0.15) is 24.8 Å². The average Bonchev–Trinajstić information content (AvgIpc) is 2.97. The van der Waals surface area contributed by atoms with E-state index in [4.69, 9.17) is 17.3 Å². The van der Waals surface area contributed by atoms with Gasteiger partial charge in [-0.05, 0) is 31.2 Å². The van der Waals surface area contributed by atoms with E-state index in [0.717, 1.165) is 23.3 Å². The van der Waals surface area contributed by atoms with Crippen LogP contribution in [0.15, 0.2) is 24.4 Å². The van der Waals surface area contributed by atoms with Crippen LogP contribution in [0.4, 0.5) is 0 Å². The molecule has 1 aliphatic rings. The summed E-state index contributed by atoms with van der Waals surface area (Å²) in [7, 11) is 2.05. The Morgan fingerprint density at radius 2 is 2.18 bits per heavy atom. The van der Waals surface area contributed by atoms with E-state index in [9.17, 15) is 0 Å². The van der Waals surface area contributed by atoms with Gasteiger partial charge in [-0.3, -0.25) is 0 Å². The number of nitrogens with zero attached hydrogens (tertiary/aromatic N) is 1. The highest BCUT2D eigenvalue weighted by molar-refractivity contribution is 6.35. The first-order valence-electron chi connectivity index (χ1n) is 6.10. The zero-order valence-electron chi connectivity index (χ0n) is 10.0. The van der Waals surface area contributed by atoms with E-state index in [0.29, 0.717) is 0 Å². The lowest BCUT2D eigenvalue weighted by atomic mass is 10.0. The predicted molar refractivity (Wildman–Crippen MR) is 72.4 cm³/mol. The Kier molecular flexibility index (Phi) is 2.46. The third-order valence-electron chi connectivity index (χ3n) is 3.82. The van der Waals surface area contributed by atoms with Gasteiger partial charge in [0.25, 0.3) is 0 Å². The summed E-state index contributed by atoms with van der Waals surface area (Å²) in [6.45, 7) is 0. The Labute approximate surface area is 106 Å². The molecule has 2 N–H and O–H groups in total. The number of hydrogen-bond donors (Lipinski definition) is 1. The van der Waals surface area contributed by atoms with Gasteiger partial charge in [-0.25, -0.2) is 0 Å². The minimum atomic E-state index is 0.122. The molecule has 1 heterocycles. The van der Waals surface area contributed by atoms with Gasteiger partial charge in [0, 0.05) is 24.2 Å². The molecule has 1 aromatic carbocycles. The van der Waals surface area contributed by atoms with Crippen molar-refractivity contribution in [2.45, 2.75) is 31.2 Å². The van der Waals surface area contributed by atoms with Gasteiger partial charge in [-0.2, -0.15) is 0 Å². The van der Waals surface area contributed by atoms with Crippen molar-refractivity contribution >= 4 is 22.5 Å². The standard InChI is InChI=1S/C14H17ClN2/c1-17-9-12(15)11-4-2-3-10(13(11)17)5-6-14(16)7-8-14/h2-4,9H,5-8,16H2,1H3. The van der Waals surface area contributed by atoms with E-state index >= 15 is 0 Å². The molecule has 1 aromatic heterocycles. The summed E-state index contributed by atoms with van der Waals surface area (Å²) in [4.78, 5) is 0. The van der Waals surface area contributed by atoms with Gasteiger partial charge in [0.15, 0.2) is 0 Å². The molecule has 0 saturated heterocycles. The first-order chi connectivity index (χ1) is 8.09. The molecule has 0 bridgehead atoms. The van der Waals surface area contributed by atoms with E-state index in [2.05, 4.69) is 22.8 Å². The molecule has 3 heteroatoms. The Morgan fingerprint density at radius 1 is 1.41 bits per heavy atom. The lowest BCUT2D eigenvalue weighted by Gasteiger charge is -2.10. The fourth-order valence-corrected chi connectivity index (χ4v) is 2.80. The molecule has 2 nitrogen and oxygen atoms in total. The zero-order valence-corrected chi connectivity index (χ0v) is 10.8. The van der Waals surface area contributed by atoms with Gasteiger partial charge in [-0.15, -0.1) is 0 Å². The maximum Gasteiger partial charge on any atom is 0.0661 e. The van der Waals surface area contributed by atoms with E-state index in [-0.39, 0.29) is 5.54 Å². The molecular formula is C14H17ClN2. The summed E-state index contributed by atoms with van der Waals surface area (Å²) in [6, 6.07) is 6.35. The molecule has 0 amide bonds. The number of benzene rings is 1. The first kappa shape index (κ1) is 11.1. The van der Waals surface area contributed by atoms with Crippen LogP contribution in [-0.2, 0) is 13.5 Å². The number of nitrogens with two attached hydrogens (primary N) is 1. The second-order valence-electron chi connectivity index (χ2n) is 5.26. The Morgan fingerprint density at radius 3 is 2.88 bits per heavy atom. The van der Waals surface area contributed by atoms with Gasteiger partial charge < -0.3 is 10.3 Å². The second-order valence-corrected chi connectivity index (χ2v) is 5.67. The molecule has 0 spiro atoms. The first-order valence-corrected chi connectivity index (χ1v) is 6.48. The van der Waals surface area contributed by atoms with E-state index in [1.165, 1.54) is 23.9 Å². The van der Waals surface area contributed by atoms with Crippen molar-refractivity contribution in [3.05, 3.63) is 35.0 Å². The minimum absolute atomic E-state index is 0.122. The highest BCUT2D eigenvalue weighted by Gasteiger charge is 2.37. The number of fused-ring (bicyclic) bond motifs is 1. The zero-order chi connectivity index (χ0) is 12.0. The summed E-state index contributed by atoms with van der Waals surface area (Å²) in [6.07, 6.45) is 6.45. The molecule has 3 rings (SSSR count). The van der Waals surface area contributed by atoms with Crippen LogP contribution >= 0.6 is 11.6 Å². The second kappa shape index (κ2) is 3.76. The molecule has 17 heavy (non-hydrogen) atoms. The fourth-order valence-electron chi connectivity index (χ4n) is 2.50. The van der Waals surface area contributed by atoms with Crippen molar-refractivity contribution in [1.29, 1.82) is 0 Å². The molecule has 2 aromatic rings. The lowest BCUT2D eigenvalue weighted by molar-refractivity contribution is 0.610. The van der Waals surface area contributed by atoms with Gasteiger partial charge in [0.05, 0.1) is 10.5 Å². The SMILES string of the molecule is Cn1cc(Cl)c2cccc(CCC3(N)CC3)c21. The summed E-state index contributed by atoms with van der Waals surface area (Å²) in [5.74, 6) is 0. The van der Waals surface area contributed by atoms with Crippen LogP contribution in [0.3, 0.4) is 0 Å². The maximum atomic E-state index is 6.21. The Balaban J connectivity index is 1.97. The summed E-state index contributed by atoms with van der Waals surface area (Å²) < 4.78 is 2.11. The van der Waals surface area contributed by atoms with Gasteiger partial charge >= 0.3 is 0 Å². The molecule has 1 aliphatic carbocycles. The van der Waals surface area contributed by atoms with Gasteiger partial charge in [-0.1, -0.05) is 29.8 Å². The Bertz CT molecular complexity index is 567. The number of halogens is 1. The van der Waals surface area contributed by atoms with Crippen LogP contribution in [0.25, 0.3) is 10.9 Å². The largest absolute Gasteiger partial charge is 0.349 e. The summed E-state index contributed by atoms with van der Waals surface area (Å²) in [5.41, 5.74) is 8.88. The molecule has 0 unspecified atom stereocenters. The summed E-state index contributed by atoms with van der Waals surface area (Å²) >= 11 is 6.21. The maximum absolute atomic E-state index is 6.21. The van der Waals surface area contributed by atoms with Crippen molar-refractivity contribution in [3.8, 4) is 0 Å². The van der Waals surface area contributed by atoms with E-state index in [1.807, 2.05) is 13.2 Å². The molecular weight excluding hydrogens is 232 g/mol. The normalized spacial score (nSPS) is 17.6. The predicted octanol–water partition coefficient (Wildman–Crippen LogP) is 3.26. The third kappa shape index (κ3) is 1.96. The van der Waals surface area contributed by atoms with Crippen molar-refractivity contribution in [3.63, 3.8) is 0 Å². The molecule has 0 atom stereocenters. The molecule has 1 saturated carbocycles. The van der Waals surface area contributed by atoms with Crippen molar-refractivity contribution in [2.24, 2.45) is 12.8 Å².